The molecule has 0 bridgehead atoms. The van der Waals surface area contributed by atoms with E-state index in [9.17, 15) is 9.90 Å². The zero-order chi connectivity index (χ0) is 28.6. The normalized spacial score (nSPS) is 17.7. The molecule has 0 amide bonds. The molecule has 1 heterocycles. The zero-order valence-electron chi connectivity index (χ0n) is 23.8. The summed E-state index contributed by atoms with van der Waals surface area (Å²) in [5.74, 6) is 1.48. The minimum absolute atomic E-state index is 0.0477. The van der Waals surface area contributed by atoms with Crippen LogP contribution in [0.25, 0.3) is 11.1 Å². The van der Waals surface area contributed by atoms with Gasteiger partial charge >= 0.3 is 5.97 Å². The second kappa shape index (κ2) is 11.1. The van der Waals surface area contributed by atoms with E-state index in [0.29, 0.717) is 49.5 Å². The van der Waals surface area contributed by atoms with Crippen LogP contribution in [0.2, 0.25) is 0 Å². The number of carbonyl (C=O) groups is 1. The number of methoxy groups -OCH3 is 1. The summed E-state index contributed by atoms with van der Waals surface area (Å²) in [6, 6.07) is 13.0. The molecule has 0 fully saturated rings. The number of aliphatic hydroxyl groups is 1. The van der Waals surface area contributed by atoms with Gasteiger partial charge in [0.15, 0.2) is 0 Å². The van der Waals surface area contributed by atoms with Crippen molar-refractivity contribution in [3.8, 4) is 28.4 Å². The lowest BCUT2D eigenvalue weighted by Crippen LogP contribution is -2.21. The van der Waals surface area contributed by atoms with Gasteiger partial charge in [-0.3, -0.25) is 4.79 Å². The molecule has 1 N–H and O–H groups in total. The molecular weight excluding hydrogens is 511 g/mol. The van der Waals surface area contributed by atoms with Crippen LogP contribution in [0.15, 0.2) is 42.5 Å². The molecule has 0 radical (unpaired) electrons. The van der Waals surface area contributed by atoms with Crippen molar-refractivity contribution >= 4 is 5.97 Å². The molecule has 40 heavy (non-hydrogen) atoms. The Labute approximate surface area is 235 Å². The molecule has 2 aliphatic rings. The highest BCUT2D eigenvalue weighted by Crippen LogP contribution is 2.45. The molecule has 0 spiro atoms. The van der Waals surface area contributed by atoms with Crippen molar-refractivity contribution < 1.29 is 33.2 Å². The van der Waals surface area contributed by atoms with Crippen molar-refractivity contribution in [2.45, 2.75) is 71.0 Å². The van der Waals surface area contributed by atoms with Crippen LogP contribution in [0.1, 0.15) is 72.9 Å². The van der Waals surface area contributed by atoms with Crippen molar-refractivity contribution in [3.63, 3.8) is 0 Å². The minimum Gasteiger partial charge on any atom is -0.493 e. The zero-order valence-corrected chi connectivity index (χ0v) is 23.8. The standard InChI is InChI=1S/C33H37FO6/c1-19-14-23(38-13-12-33(3,4)36)15-20(2)31(19)25-8-10-27(34)32-26(25)9-11-28(32)40-22-6-7-24-21(16-30(35)37-5)18-39-29(24)17-22/h6-8,10,14-15,17,21,28,36H,9,11-13,16,18H2,1-5H3/t21-,28?/m0/s1. The Morgan fingerprint density at radius 2 is 1.85 bits per heavy atom. The molecule has 0 saturated heterocycles. The van der Waals surface area contributed by atoms with Gasteiger partial charge in [-0.25, -0.2) is 4.39 Å². The first-order valence-corrected chi connectivity index (χ1v) is 13.8. The van der Waals surface area contributed by atoms with Gasteiger partial charge in [-0.05, 0) is 92.6 Å². The average Bonchev–Trinajstić information content (AvgIpc) is 3.49. The lowest BCUT2D eigenvalue weighted by molar-refractivity contribution is -0.141. The first-order valence-electron chi connectivity index (χ1n) is 13.8. The van der Waals surface area contributed by atoms with E-state index >= 15 is 4.39 Å². The Morgan fingerprint density at radius 3 is 2.55 bits per heavy atom. The summed E-state index contributed by atoms with van der Waals surface area (Å²) >= 11 is 0. The summed E-state index contributed by atoms with van der Waals surface area (Å²) in [7, 11) is 1.38. The van der Waals surface area contributed by atoms with E-state index in [-0.39, 0.29) is 24.1 Å². The number of benzene rings is 3. The van der Waals surface area contributed by atoms with E-state index in [1.165, 1.54) is 13.2 Å². The van der Waals surface area contributed by atoms with Crippen LogP contribution in [-0.4, -0.2) is 37.0 Å². The minimum atomic E-state index is -0.781. The van der Waals surface area contributed by atoms with Crippen LogP contribution in [0, 0.1) is 19.7 Å². The van der Waals surface area contributed by atoms with Gasteiger partial charge in [0.05, 0.1) is 32.3 Å². The maximum atomic E-state index is 15.3. The number of ether oxygens (including phenoxy) is 4. The number of halogens is 1. The summed E-state index contributed by atoms with van der Waals surface area (Å²) in [5.41, 5.74) is 5.95. The van der Waals surface area contributed by atoms with E-state index in [0.717, 1.165) is 39.1 Å². The lowest BCUT2D eigenvalue weighted by atomic mass is 9.90. The average molecular weight is 549 g/mol. The molecule has 1 aliphatic heterocycles. The first-order chi connectivity index (χ1) is 19.0. The molecule has 2 atom stereocenters. The van der Waals surface area contributed by atoms with Crippen molar-refractivity contribution in [2.24, 2.45) is 0 Å². The van der Waals surface area contributed by atoms with Gasteiger partial charge in [0.25, 0.3) is 0 Å². The van der Waals surface area contributed by atoms with E-state index in [1.54, 1.807) is 13.8 Å². The summed E-state index contributed by atoms with van der Waals surface area (Å²) in [6.07, 6.45) is 1.76. The van der Waals surface area contributed by atoms with Crippen LogP contribution in [-0.2, 0) is 16.0 Å². The Morgan fingerprint density at radius 1 is 1.10 bits per heavy atom. The Balaban J connectivity index is 1.37. The smallest absolute Gasteiger partial charge is 0.306 e. The molecule has 7 heteroatoms. The SMILES string of the molecule is COC(=O)C[C@H]1COc2cc(OC3CCc4c(-c5c(C)cc(OCCC(C)(C)O)cc5C)ccc(F)c43)ccc21. The fourth-order valence-electron chi connectivity index (χ4n) is 5.82. The van der Waals surface area contributed by atoms with E-state index in [1.807, 2.05) is 50.2 Å². The molecule has 0 aromatic heterocycles. The number of fused-ring (bicyclic) bond motifs is 2. The van der Waals surface area contributed by atoms with E-state index in [2.05, 4.69) is 0 Å². The van der Waals surface area contributed by atoms with Crippen LogP contribution in [0.5, 0.6) is 17.2 Å². The Hall–Kier alpha value is -3.58. The van der Waals surface area contributed by atoms with Gasteiger partial charge < -0.3 is 24.1 Å². The van der Waals surface area contributed by atoms with Crippen molar-refractivity contribution in [3.05, 3.63) is 76.1 Å². The third kappa shape index (κ3) is 5.80. The summed E-state index contributed by atoms with van der Waals surface area (Å²) in [4.78, 5) is 11.7. The van der Waals surface area contributed by atoms with Crippen LogP contribution >= 0.6 is 0 Å². The predicted molar refractivity (Wildman–Crippen MR) is 151 cm³/mol. The van der Waals surface area contributed by atoms with Gasteiger partial charge in [-0.1, -0.05) is 12.1 Å². The van der Waals surface area contributed by atoms with Crippen molar-refractivity contribution in [1.29, 1.82) is 0 Å². The molecule has 0 saturated carbocycles. The van der Waals surface area contributed by atoms with Crippen molar-refractivity contribution in [2.75, 3.05) is 20.3 Å². The van der Waals surface area contributed by atoms with Gasteiger partial charge in [-0.15, -0.1) is 0 Å². The molecule has 1 unspecified atom stereocenters. The molecule has 3 aromatic rings. The quantitative estimate of drug-likeness (QED) is 0.298. The third-order valence-electron chi connectivity index (χ3n) is 7.82. The van der Waals surface area contributed by atoms with Crippen LogP contribution in [0.3, 0.4) is 0 Å². The van der Waals surface area contributed by atoms with Crippen LogP contribution in [0.4, 0.5) is 4.39 Å². The molecule has 5 rings (SSSR count). The highest BCUT2D eigenvalue weighted by molar-refractivity contribution is 5.76. The second-order valence-corrected chi connectivity index (χ2v) is 11.5. The molecule has 1 aliphatic carbocycles. The monoisotopic (exact) mass is 548 g/mol. The molecule has 3 aromatic carbocycles. The number of hydrogen-bond acceptors (Lipinski definition) is 6. The number of hydrogen-bond donors (Lipinski definition) is 1. The summed E-state index contributed by atoms with van der Waals surface area (Å²) < 4.78 is 38.2. The van der Waals surface area contributed by atoms with Gasteiger partial charge in [0.1, 0.15) is 29.2 Å². The van der Waals surface area contributed by atoms with E-state index < -0.39 is 11.7 Å². The number of rotatable bonds is 9. The largest absolute Gasteiger partial charge is 0.493 e. The summed E-state index contributed by atoms with van der Waals surface area (Å²) in [6.45, 7) is 8.46. The fourth-order valence-corrected chi connectivity index (χ4v) is 5.82. The predicted octanol–water partition coefficient (Wildman–Crippen LogP) is 6.75. The fraction of sp³-hybridized carbons (Fsp3) is 0.424. The second-order valence-electron chi connectivity index (χ2n) is 11.5. The lowest BCUT2D eigenvalue weighted by Gasteiger charge is -2.20. The third-order valence-corrected chi connectivity index (χ3v) is 7.82. The number of carbonyl (C=O) groups excluding carboxylic acids is 1. The first kappa shape index (κ1) is 28.0. The maximum absolute atomic E-state index is 15.3. The Kier molecular flexibility index (Phi) is 7.78. The van der Waals surface area contributed by atoms with Gasteiger partial charge in [-0.2, -0.15) is 0 Å². The van der Waals surface area contributed by atoms with Gasteiger partial charge in [0, 0.05) is 29.5 Å². The number of esters is 1. The maximum Gasteiger partial charge on any atom is 0.306 e. The van der Waals surface area contributed by atoms with Gasteiger partial charge in [0.2, 0.25) is 0 Å². The van der Waals surface area contributed by atoms with Crippen molar-refractivity contribution in [1.82, 2.24) is 0 Å². The molecular formula is C33H37FO6. The van der Waals surface area contributed by atoms with Crippen LogP contribution < -0.4 is 14.2 Å². The molecule has 212 valence electrons. The topological polar surface area (TPSA) is 74.2 Å². The summed E-state index contributed by atoms with van der Waals surface area (Å²) in [5, 5.41) is 9.97. The Bertz CT molecular complexity index is 1400. The van der Waals surface area contributed by atoms with E-state index in [4.69, 9.17) is 18.9 Å². The highest BCUT2D eigenvalue weighted by atomic mass is 19.1. The number of aryl methyl sites for hydroxylation is 2. The molecule has 6 nitrogen and oxygen atoms in total. The highest BCUT2D eigenvalue weighted by Gasteiger charge is 2.32.